The van der Waals surface area contributed by atoms with Crippen molar-refractivity contribution < 1.29 is 19.6 Å². The summed E-state index contributed by atoms with van der Waals surface area (Å²) in [5.41, 5.74) is 0. The number of aliphatic hydroxyl groups excluding tert-OH is 1. The summed E-state index contributed by atoms with van der Waals surface area (Å²) in [6, 6.07) is 0. The maximum Gasteiger partial charge on any atom is 0.300 e. The van der Waals surface area contributed by atoms with Crippen LogP contribution in [0.2, 0.25) is 0 Å². The molecule has 0 fully saturated rings. The Labute approximate surface area is 64.1 Å². The standard InChI is InChI=1S/C2H4O2.C2H6OS.CH4O/c1-2(3)4;1-4(2)3;1-2/h1H3,(H,3,4);1-2H3;2H,1H3. The van der Waals surface area contributed by atoms with E-state index in [2.05, 4.69) is 0 Å². The normalized spacial score (nSPS) is 6.70. The minimum atomic E-state index is -0.833. The molecule has 2 N–H and O–H groups in total. The molecule has 0 rings (SSSR count). The average molecular weight is 170 g/mol. The first kappa shape index (κ1) is 16.4. The van der Waals surface area contributed by atoms with E-state index >= 15 is 0 Å². The number of hydrogen-bond acceptors (Lipinski definition) is 3. The summed E-state index contributed by atoms with van der Waals surface area (Å²) < 4.78 is 9.56. The number of hydrogen-bond donors (Lipinski definition) is 2. The molecular weight excluding hydrogens is 156 g/mol. The molecule has 0 aliphatic carbocycles. The van der Waals surface area contributed by atoms with E-state index in [1.165, 1.54) is 0 Å². The Morgan fingerprint density at radius 1 is 1.40 bits per heavy atom. The first-order valence-corrected chi connectivity index (χ1v) is 4.32. The van der Waals surface area contributed by atoms with Crippen molar-refractivity contribution in [2.24, 2.45) is 0 Å². The summed E-state index contributed by atoms with van der Waals surface area (Å²) in [4.78, 5) is 9.00. The second-order valence-corrected chi connectivity index (χ2v) is 2.74. The maximum absolute atomic E-state index is 9.56. The number of aliphatic hydroxyl groups is 1. The number of carboxylic acids is 1. The first-order chi connectivity index (χ1) is 4.46. The van der Waals surface area contributed by atoms with Gasteiger partial charge in [0.15, 0.2) is 0 Å². The molecule has 10 heavy (non-hydrogen) atoms. The quantitative estimate of drug-likeness (QED) is 0.489. The predicted octanol–water partition coefficient (Wildman–Crippen LogP) is -0.306. The van der Waals surface area contributed by atoms with Crippen LogP contribution in [0.4, 0.5) is 0 Å². The Bertz CT molecular complexity index is 57.9. The van der Waals surface area contributed by atoms with Gasteiger partial charge in [0.05, 0.1) is 12.5 Å². The van der Waals surface area contributed by atoms with Gasteiger partial charge in [-0.15, -0.1) is 0 Å². The van der Waals surface area contributed by atoms with Gasteiger partial charge in [0.2, 0.25) is 0 Å². The van der Waals surface area contributed by atoms with Gasteiger partial charge in [-0.1, -0.05) is 11.2 Å². The zero-order valence-corrected chi connectivity index (χ0v) is 7.44. The Morgan fingerprint density at radius 2 is 1.40 bits per heavy atom. The van der Waals surface area contributed by atoms with Crippen molar-refractivity contribution in [3.05, 3.63) is 0 Å². The molecule has 5 heteroatoms. The number of carbonyl (C=O) groups is 1. The van der Waals surface area contributed by atoms with E-state index < -0.39 is 17.1 Å². The van der Waals surface area contributed by atoms with Crippen molar-refractivity contribution in [3.8, 4) is 0 Å². The molecule has 0 atom stereocenters. The van der Waals surface area contributed by atoms with E-state index in [0.29, 0.717) is 0 Å². The largest absolute Gasteiger partial charge is 0.617 e. The SMILES string of the molecule is CC(=O)O.CO.C[S+](C)[O-]. The molecule has 0 saturated carbocycles. The van der Waals surface area contributed by atoms with Gasteiger partial charge in [-0.2, -0.15) is 0 Å². The zero-order valence-electron chi connectivity index (χ0n) is 6.62. The summed E-state index contributed by atoms with van der Waals surface area (Å²) >= 11 is -0.611. The number of aliphatic carboxylic acids is 1. The monoisotopic (exact) mass is 170 g/mol. The highest BCUT2D eigenvalue weighted by molar-refractivity contribution is 7.89. The fraction of sp³-hybridized carbons (Fsp3) is 0.800. The Balaban J connectivity index is -0.0000000787. The fourth-order valence-electron chi connectivity index (χ4n) is 0. The summed E-state index contributed by atoms with van der Waals surface area (Å²) in [5.74, 6) is -0.833. The molecule has 0 radical (unpaired) electrons. The highest BCUT2D eigenvalue weighted by Crippen LogP contribution is 1.61. The van der Waals surface area contributed by atoms with Gasteiger partial charge in [-0.25, -0.2) is 0 Å². The van der Waals surface area contributed by atoms with Crippen LogP contribution in [0.3, 0.4) is 0 Å². The van der Waals surface area contributed by atoms with Gasteiger partial charge in [-0.3, -0.25) is 4.79 Å². The van der Waals surface area contributed by atoms with E-state index in [-0.39, 0.29) is 0 Å². The molecule has 0 heterocycles. The second-order valence-electron chi connectivity index (χ2n) is 1.26. The van der Waals surface area contributed by atoms with Gasteiger partial charge in [0.1, 0.15) is 0 Å². The second kappa shape index (κ2) is 15.9. The van der Waals surface area contributed by atoms with Crippen LogP contribution in [0.25, 0.3) is 0 Å². The first-order valence-electron chi connectivity index (χ1n) is 2.36. The minimum Gasteiger partial charge on any atom is -0.617 e. The molecule has 0 saturated heterocycles. The summed E-state index contributed by atoms with van der Waals surface area (Å²) in [7, 11) is 1.00. The molecule has 0 aromatic carbocycles. The van der Waals surface area contributed by atoms with Gasteiger partial charge >= 0.3 is 0 Å². The molecule has 0 amide bonds. The molecule has 0 aromatic rings. The lowest BCUT2D eigenvalue weighted by Gasteiger charge is -1.87. The van der Waals surface area contributed by atoms with E-state index in [9.17, 15) is 4.55 Å². The Kier molecular flexibility index (Phi) is 26.0. The lowest BCUT2D eigenvalue weighted by molar-refractivity contribution is -0.134. The van der Waals surface area contributed by atoms with Crippen LogP contribution < -0.4 is 0 Å². The van der Waals surface area contributed by atoms with Gasteiger partial charge < -0.3 is 14.8 Å². The van der Waals surface area contributed by atoms with Crippen molar-refractivity contribution in [1.82, 2.24) is 0 Å². The fourth-order valence-corrected chi connectivity index (χ4v) is 0. The predicted molar refractivity (Wildman–Crippen MR) is 41.4 cm³/mol. The Hall–Kier alpha value is -0.260. The summed E-state index contributed by atoms with van der Waals surface area (Å²) in [5, 5.41) is 14.4. The number of rotatable bonds is 0. The molecule has 0 aromatic heterocycles. The molecule has 0 unspecified atom stereocenters. The van der Waals surface area contributed by atoms with Gasteiger partial charge in [0, 0.05) is 14.0 Å². The van der Waals surface area contributed by atoms with Crippen LogP contribution >= 0.6 is 0 Å². The summed E-state index contributed by atoms with van der Waals surface area (Å²) in [6.07, 6.45) is 3.28. The highest BCUT2D eigenvalue weighted by atomic mass is 32.2. The van der Waals surface area contributed by atoms with E-state index in [4.69, 9.17) is 15.0 Å². The van der Waals surface area contributed by atoms with Crippen LogP contribution in [0.5, 0.6) is 0 Å². The summed E-state index contributed by atoms with van der Waals surface area (Å²) in [6.45, 7) is 1.08. The molecule has 4 nitrogen and oxygen atoms in total. The van der Waals surface area contributed by atoms with Gasteiger partial charge in [0.25, 0.3) is 5.97 Å². The van der Waals surface area contributed by atoms with E-state index in [1.54, 1.807) is 12.5 Å². The van der Waals surface area contributed by atoms with Crippen LogP contribution in [-0.4, -0.2) is 40.4 Å². The number of carboxylic acid groups (broad SMARTS) is 1. The van der Waals surface area contributed by atoms with E-state index in [0.717, 1.165) is 14.0 Å². The van der Waals surface area contributed by atoms with Crippen LogP contribution in [-0.2, 0) is 16.0 Å². The lowest BCUT2D eigenvalue weighted by atomic mass is 10.9. The van der Waals surface area contributed by atoms with Crippen LogP contribution in [0.15, 0.2) is 0 Å². The molecule has 0 spiro atoms. The third-order valence-corrected chi connectivity index (χ3v) is 0. The molecule has 0 bridgehead atoms. The van der Waals surface area contributed by atoms with Crippen LogP contribution in [0.1, 0.15) is 6.92 Å². The smallest absolute Gasteiger partial charge is 0.300 e. The molecule has 64 valence electrons. The third kappa shape index (κ3) is 5200. The van der Waals surface area contributed by atoms with E-state index in [1.807, 2.05) is 0 Å². The third-order valence-electron chi connectivity index (χ3n) is 0. The van der Waals surface area contributed by atoms with Crippen molar-refractivity contribution in [2.45, 2.75) is 6.92 Å². The van der Waals surface area contributed by atoms with Crippen molar-refractivity contribution in [3.63, 3.8) is 0 Å². The molecule has 0 aliphatic heterocycles. The highest BCUT2D eigenvalue weighted by Gasteiger charge is 1.66. The van der Waals surface area contributed by atoms with Crippen molar-refractivity contribution in [1.29, 1.82) is 0 Å². The minimum absolute atomic E-state index is 0.611. The maximum atomic E-state index is 9.56. The molecular formula is C5H14O4S. The van der Waals surface area contributed by atoms with Gasteiger partial charge in [-0.05, 0) is 0 Å². The average Bonchev–Trinajstić information content (AvgIpc) is 1.66. The lowest BCUT2D eigenvalue weighted by Crippen LogP contribution is -1.86. The van der Waals surface area contributed by atoms with Crippen molar-refractivity contribution >= 4 is 17.1 Å². The molecule has 0 aliphatic rings. The zero-order chi connectivity index (χ0) is 9.15. The topological polar surface area (TPSA) is 80.6 Å². The van der Waals surface area contributed by atoms with Crippen molar-refractivity contribution in [2.75, 3.05) is 19.6 Å². The Morgan fingerprint density at radius 3 is 1.40 bits per heavy atom. The van der Waals surface area contributed by atoms with Crippen LogP contribution in [0, 0.1) is 0 Å².